The van der Waals surface area contributed by atoms with Gasteiger partial charge in [-0.05, 0) is 38.0 Å². The zero-order valence-electron chi connectivity index (χ0n) is 11.1. The van der Waals surface area contributed by atoms with Crippen LogP contribution in [0.3, 0.4) is 0 Å². The van der Waals surface area contributed by atoms with Gasteiger partial charge in [0.25, 0.3) is 0 Å². The standard InChI is InChI=1S/C15H18N2O/c1-9-4-5-12-6-13-8-16-7-10(2)18-15(13)17-14(12)11(9)3/h4-6,10,16H,7-8H2,1-3H3/t10-/m1/s1. The van der Waals surface area contributed by atoms with Crippen molar-refractivity contribution in [2.45, 2.75) is 33.4 Å². The van der Waals surface area contributed by atoms with Crippen LogP contribution in [0.1, 0.15) is 23.6 Å². The second-order valence-corrected chi connectivity index (χ2v) is 5.09. The second kappa shape index (κ2) is 4.25. The minimum Gasteiger partial charge on any atom is -0.473 e. The molecule has 3 nitrogen and oxygen atoms in total. The molecule has 1 aliphatic heterocycles. The smallest absolute Gasteiger partial charge is 0.218 e. The Bertz CT molecular complexity index is 607. The van der Waals surface area contributed by atoms with Crippen molar-refractivity contribution in [2.75, 3.05) is 6.54 Å². The first kappa shape index (κ1) is 11.5. The van der Waals surface area contributed by atoms with Crippen molar-refractivity contribution in [3.05, 3.63) is 34.9 Å². The van der Waals surface area contributed by atoms with Gasteiger partial charge in [-0.2, -0.15) is 0 Å². The topological polar surface area (TPSA) is 34.1 Å². The fourth-order valence-electron chi connectivity index (χ4n) is 2.38. The molecular formula is C15H18N2O. The van der Waals surface area contributed by atoms with Crippen LogP contribution in [0.15, 0.2) is 18.2 Å². The third-order valence-corrected chi connectivity index (χ3v) is 3.61. The van der Waals surface area contributed by atoms with E-state index < -0.39 is 0 Å². The molecule has 1 atom stereocenters. The molecule has 0 spiro atoms. The summed E-state index contributed by atoms with van der Waals surface area (Å²) in [5.41, 5.74) is 4.72. The van der Waals surface area contributed by atoms with Gasteiger partial charge in [0, 0.05) is 24.0 Å². The first-order chi connectivity index (χ1) is 8.65. The maximum Gasteiger partial charge on any atom is 0.218 e. The van der Waals surface area contributed by atoms with Crippen molar-refractivity contribution in [1.82, 2.24) is 10.3 Å². The monoisotopic (exact) mass is 242 g/mol. The molecule has 1 N–H and O–H groups in total. The van der Waals surface area contributed by atoms with E-state index >= 15 is 0 Å². The number of ether oxygens (including phenoxy) is 1. The number of aromatic nitrogens is 1. The molecule has 3 heteroatoms. The van der Waals surface area contributed by atoms with E-state index in [-0.39, 0.29) is 6.10 Å². The predicted octanol–water partition coefficient (Wildman–Crippen LogP) is 2.72. The number of rotatable bonds is 0. The van der Waals surface area contributed by atoms with Gasteiger partial charge >= 0.3 is 0 Å². The average Bonchev–Trinajstić information content (AvgIpc) is 2.52. The third-order valence-electron chi connectivity index (χ3n) is 3.61. The highest BCUT2D eigenvalue weighted by Gasteiger charge is 2.16. The number of nitrogens with zero attached hydrogens (tertiary/aromatic N) is 1. The van der Waals surface area contributed by atoms with E-state index in [0.29, 0.717) is 0 Å². The Labute approximate surface area is 107 Å². The number of hydrogen-bond donors (Lipinski definition) is 1. The minimum absolute atomic E-state index is 0.168. The minimum atomic E-state index is 0.168. The zero-order valence-corrected chi connectivity index (χ0v) is 11.1. The van der Waals surface area contributed by atoms with Crippen LogP contribution in [0.4, 0.5) is 0 Å². The summed E-state index contributed by atoms with van der Waals surface area (Å²) in [6.45, 7) is 8.00. The first-order valence-electron chi connectivity index (χ1n) is 6.42. The van der Waals surface area contributed by atoms with Crippen molar-refractivity contribution in [3.8, 4) is 5.88 Å². The van der Waals surface area contributed by atoms with Gasteiger partial charge < -0.3 is 10.1 Å². The lowest BCUT2D eigenvalue weighted by molar-refractivity contribution is 0.218. The van der Waals surface area contributed by atoms with Gasteiger partial charge in [0.15, 0.2) is 0 Å². The number of hydrogen-bond acceptors (Lipinski definition) is 3. The van der Waals surface area contributed by atoms with Gasteiger partial charge in [0.05, 0.1) is 5.52 Å². The van der Waals surface area contributed by atoms with Crippen molar-refractivity contribution in [1.29, 1.82) is 0 Å². The van der Waals surface area contributed by atoms with E-state index in [1.54, 1.807) is 0 Å². The van der Waals surface area contributed by atoms with Crippen LogP contribution >= 0.6 is 0 Å². The second-order valence-electron chi connectivity index (χ2n) is 5.09. The van der Waals surface area contributed by atoms with E-state index in [0.717, 1.165) is 30.0 Å². The van der Waals surface area contributed by atoms with Gasteiger partial charge in [-0.3, -0.25) is 0 Å². The molecule has 0 saturated heterocycles. The molecule has 2 heterocycles. The largest absolute Gasteiger partial charge is 0.473 e. The molecule has 3 rings (SSSR count). The quantitative estimate of drug-likeness (QED) is 0.771. The van der Waals surface area contributed by atoms with E-state index in [2.05, 4.69) is 44.3 Å². The lowest BCUT2D eigenvalue weighted by Gasteiger charge is -2.13. The number of fused-ring (bicyclic) bond motifs is 2. The molecule has 0 bridgehead atoms. The van der Waals surface area contributed by atoms with Crippen LogP contribution in [-0.2, 0) is 6.54 Å². The van der Waals surface area contributed by atoms with Gasteiger partial charge in [-0.1, -0.05) is 12.1 Å². The summed E-state index contributed by atoms with van der Waals surface area (Å²) in [4.78, 5) is 4.72. The summed E-state index contributed by atoms with van der Waals surface area (Å²) in [6.07, 6.45) is 0.168. The Morgan fingerprint density at radius 1 is 1.33 bits per heavy atom. The molecule has 18 heavy (non-hydrogen) atoms. The van der Waals surface area contributed by atoms with Gasteiger partial charge in [-0.25, -0.2) is 4.98 Å². The predicted molar refractivity (Wildman–Crippen MR) is 73.0 cm³/mol. The summed E-state index contributed by atoms with van der Waals surface area (Å²) < 4.78 is 5.89. The van der Waals surface area contributed by atoms with Crippen LogP contribution < -0.4 is 10.1 Å². The third kappa shape index (κ3) is 1.85. The highest BCUT2D eigenvalue weighted by Crippen LogP contribution is 2.27. The Balaban J connectivity index is 2.22. The summed E-state index contributed by atoms with van der Waals surface area (Å²) in [5.74, 6) is 0.786. The maximum absolute atomic E-state index is 5.89. The summed E-state index contributed by atoms with van der Waals surface area (Å²) in [6, 6.07) is 6.48. The number of nitrogens with one attached hydrogen (secondary N) is 1. The molecule has 2 aromatic rings. The molecule has 94 valence electrons. The van der Waals surface area contributed by atoms with Crippen LogP contribution in [-0.4, -0.2) is 17.6 Å². The number of aryl methyl sites for hydroxylation is 2. The van der Waals surface area contributed by atoms with Gasteiger partial charge in [-0.15, -0.1) is 0 Å². The molecule has 0 saturated carbocycles. The Morgan fingerprint density at radius 3 is 3.00 bits per heavy atom. The Hall–Kier alpha value is -1.61. The molecular weight excluding hydrogens is 224 g/mol. The van der Waals surface area contributed by atoms with Crippen LogP contribution in [0.5, 0.6) is 5.88 Å². The molecule has 1 aliphatic rings. The van der Waals surface area contributed by atoms with E-state index in [1.807, 2.05) is 0 Å². The molecule has 0 fully saturated rings. The highest BCUT2D eigenvalue weighted by atomic mass is 16.5. The van der Waals surface area contributed by atoms with Crippen LogP contribution in [0.25, 0.3) is 10.9 Å². The number of benzene rings is 1. The normalized spacial score (nSPS) is 19.2. The van der Waals surface area contributed by atoms with Crippen LogP contribution in [0.2, 0.25) is 0 Å². The van der Waals surface area contributed by atoms with Gasteiger partial charge in [0.1, 0.15) is 6.10 Å². The fourth-order valence-corrected chi connectivity index (χ4v) is 2.38. The summed E-state index contributed by atoms with van der Waals surface area (Å²) in [7, 11) is 0. The molecule has 0 aliphatic carbocycles. The lowest BCUT2D eigenvalue weighted by atomic mass is 10.0. The molecule has 0 amide bonds. The number of pyridine rings is 1. The Kier molecular flexibility index (Phi) is 2.71. The average molecular weight is 242 g/mol. The SMILES string of the molecule is Cc1ccc2cc3c(nc2c1C)O[C@H](C)CNC3. The van der Waals surface area contributed by atoms with E-state index in [9.17, 15) is 0 Å². The van der Waals surface area contributed by atoms with Crippen molar-refractivity contribution in [3.63, 3.8) is 0 Å². The molecule has 0 unspecified atom stereocenters. The highest BCUT2D eigenvalue weighted by molar-refractivity contribution is 5.84. The summed E-state index contributed by atoms with van der Waals surface area (Å²) in [5, 5.41) is 4.57. The van der Waals surface area contributed by atoms with Crippen molar-refractivity contribution in [2.24, 2.45) is 0 Å². The van der Waals surface area contributed by atoms with Gasteiger partial charge in [0.2, 0.25) is 5.88 Å². The van der Waals surface area contributed by atoms with E-state index in [1.165, 1.54) is 16.5 Å². The zero-order chi connectivity index (χ0) is 12.7. The van der Waals surface area contributed by atoms with Crippen molar-refractivity contribution < 1.29 is 4.74 Å². The van der Waals surface area contributed by atoms with Crippen molar-refractivity contribution >= 4 is 10.9 Å². The maximum atomic E-state index is 5.89. The molecule has 1 aromatic heterocycles. The molecule has 1 aromatic carbocycles. The fraction of sp³-hybridized carbons (Fsp3) is 0.400. The van der Waals surface area contributed by atoms with E-state index in [4.69, 9.17) is 9.72 Å². The Morgan fingerprint density at radius 2 is 2.17 bits per heavy atom. The lowest BCUT2D eigenvalue weighted by Crippen LogP contribution is -2.25. The summed E-state index contributed by atoms with van der Waals surface area (Å²) >= 11 is 0. The first-order valence-corrected chi connectivity index (χ1v) is 6.42. The molecule has 0 radical (unpaired) electrons. The van der Waals surface area contributed by atoms with Crippen LogP contribution in [0, 0.1) is 13.8 Å².